The summed E-state index contributed by atoms with van der Waals surface area (Å²) in [5.74, 6) is 0. The molecule has 13 heavy (non-hydrogen) atoms. The third kappa shape index (κ3) is 9.13. The van der Waals surface area contributed by atoms with Gasteiger partial charge in [0.05, 0.1) is 0 Å². The van der Waals surface area contributed by atoms with E-state index in [0.29, 0.717) is 0 Å². The van der Waals surface area contributed by atoms with Crippen LogP contribution < -0.4 is 0 Å². The van der Waals surface area contributed by atoms with E-state index >= 15 is 0 Å². The summed E-state index contributed by atoms with van der Waals surface area (Å²) in [7, 11) is 0. The zero-order valence-corrected chi connectivity index (χ0v) is 7.80. The summed E-state index contributed by atoms with van der Waals surface area (Å²) < 4.78 is 0. The lowest BCUT2D eigenvalue weighted by Crippen LogP contribution is -1.78. The van der Waals surface area contributed by atoms with Crippen molar-refractivity contribution in [2.75, 3.05) is 0 Å². The lowest BCUT2D eigenvalue weighted by Gasteiger charge is -1.93. The summed E-state index contributed by atoms with van der Waals surface area (Å²) in [6.45, 7) is 6.20. The monoisotopic (exact) mass is 182 g/mol. The lowest BCUT2D eigenvalue weighted by atomic mass is 10.1. The number of hydrogen-bond acceptors (Lipinski definition) is 0. The average molecular weight is 182 g/mol. The van der Waals surface area contributed by atoms with Crippen molar-refractivity contribution in [3.8, 4) is 0 Å². The summed E-state index contributed by atoms with van der Waals surface area (Å²) in [5, 5.41) is 0. The Morgan fingerprint density at radius 1 is 0.923 bits per heavy atom. The molecule has 0 radical (unpaired) electrons. The number of benzene rings is 1. The number of rotatable bonds is 2. The standard InChI is InChI=1S/C9H12.C2H6.2CH4/c1-2-6-9-7-4-3-5-8-9;1-2;;/h3-5,7-8H,2,6H2,1H3;1-2H3;2*1H4. The largest absolute Gasteiger partial charge is 0.0776 e. The third-order valence-corrected chi connectivity index (χ3v) is 1.38. The van der Waals surface area contributed by atoms with Crippen LogP contribution in [0.3, 0.4) is 0 Å². The van der Waals surface area contributed by atoms with Crippen LogP contribution in [0, 0.1) is 0 Å². The van der Waals surface area contributed by atoms with E-state index in [9.17, 15) is 0 Å². The van der Waals surface area contributed by atoms with Crippen molar-refractivity contribution >= 4 is 0 Å². The second kappa shape index (κ2) is 13.8. The normalized spacial score (nSPS) is 7.00. The molecule has 0 aliphatic carbocycles. The van der Waals surface area contributed by atoms with Crippen molar-refractivity contribution in [2.24, 2.45) is 0 Å². The Hall–Kier alpha value is -0.780. The molecule has 0 bridgehead atoms. The lowest BCUT2D eigenvalue weighted by molar-refractivity contribution is 0.922. The molecule has 1 aromatic rings. The number of aryl methyl sites for hydroxylation is 1. The maximum Gasteiger partial charge on any atom is -0.0281 e. The van der Waals surface area contributed by atoms with Crippen molar-refractivity contribution in [1.29, 1.82) is 0 Å². The molecular weight excluding hydrogens is 156 g/mol. The Morgan fingerprint density at radius 2 is 1.38 bits per heavy atom. The van der Waals surface area contributed by atoms with Crippen LogP contribution in [0.4, 0.5) is 0 Å². The predicted molar refractivity (Wildman–Crippen MR) is 65.2 cm³/mol. The Kier molecular flexibility index (Phi) is 19.2. The van der Waals surface area contributed by atoms with Gasteiger partial charge in [-0.2, -0.15) is 0 Å². The van der Waals surface area contributed by atoms with Crippen molar-refractivity contribution < 1.29 is 0 Å². The van der Waals surface area contributed by atoms with Crippen LogP contribution in [-0.4, -0.2) is 0 Å². The second-order valence-electron chi connectivity index (χ2n) is 2.24. The minimum atomic E-state index is 0. The van der Waals surface area contributed by atoms with Crippen LogP contribution in [0.15, 0.2) is 30.3 Å². The molecule has 0 fully saturated rings. The van der Waals surface area contributed by atoms with Gasteiger partial charge in [0.25, 0.3) is 0 Å². The van der Waals surface area contributed by atoms with Crippen molar-refractivity contribution in [1.82, 2.24) is 0 Å². The Bertz CT molecular complexity index is 153. The van der Waals surface area contributed by atoms with Gasteiger partial charge in [0.15, 0.2) is 0 Å². The van der Waals surface area contributed by atoms with E-state index in [2.05, 4.69) is 37.3 Å². The molecule has 0 saturated heterocycles. The van der Waals surface area contributed by atoms with Crippen LogP contribution >= 0.6 is 0 Å². The van der Waals surface area contributed by atoms with Gasteiger partial charge in [-0.05, 0) is 12.0 Å². The SMILES string of the molecule is C.C.CC.CCCc1ccccc1. The van der Waals surface area contributed by atoms with Crippen molar-refractivity contribution in [3.05, 3.63) is 35.9 Å². The molecule has 0 saturated carbocycles. The maximum absolute atomic E-state index is 2.20. The summed E-state index contributed by atoms with van der Waals surface area (Å²) in [6, 6.07) is 10.6. The fraction of sp³-hybridized carbons (Fsp3) is 0.538. The summed E-state index contributed by atoms with van der Waals surface area (Å²) in [5.41, 5.74) is 1.44. The summed E-state index contributed by atoms with van der Waals surface area (Å²) in [6.07, 6.45) is 2.45. The van der Waals surface area contributed by atoms with Gasteiger partial charge in [-0.3, -0.25) is 0 Å². The van der Waals surface area contributed by atoms with Gasteiger partial charge in [0.1, 0.15) is 0 Å². The van der Waals surface area contributed by atoms with E-state index in [4.69, 9.17) is 0 Å². The van der Waals surface area contributed by atoms with Gasteiger partial charge < -0.3 is 0 Å². The van der Waals surface area contributed by atoms with Gasteiger partial charge >= 0.3 is 0 Å². The summed E-state index contributed by atoms with van der Waals surface area (Å²) in [4.78, 5) is 0. The smallest absolute Gasteiger partial charge is 0.0281 e. The number of hydrogen-bond donors (Lipinski definition) is 0. The van der Waals surface area contributed by atoms with Crippen LogP contribution in [0.2, 0.25) is 0 Å². The first-order valence-corrected chi connectivity index (χ1v) is 4.47. The van der Waals surface area contributed by atoms with E-state index in [0.717, 1.165) is 0 Å². The highest BCUT2D eigenvalue weighted by atomic mass is 13.9. The molecule has 0 heteroatoms. The first-order valence-electron chi connectivity index (χ1n) is 4.47. The molecule has 0 heterocycles. The molecule has 1 aromatic carbocycles. The maximum atomic E-state index is 2.20. The van der Waals surface area contributed by atoms with E-state index in [1.54, 1.807) is 0 Å². The van der Waals surface area contributed by atoms with Crippen molar-refractivity contribution in [3.63, 3.8) is 0 Å². The Balaban J connectivity index is -0.000000234. The highest BCUT2D eigenvalue weighted by molar-refractivity contribution is 5.14. The van der Waals surface area contributed by atoms with E-state index in [1.807, 2.05) is 13.8 Å². The van der Waals surface area contributed by atoms with Gasteiger partial charge in [-0.1, -0.05) is 72.4 Å². The zero-order chi connectivity index (χ0) is 8.53. The molecule has 1 rings (SSSR count). The third-order valence-electron chi connectivity index (χ3n) is 1.38. The molecule has 0 nitrogen and oxygen atoms in total. The fourth-order valence-corrected chi connectivity index (χ4v) is 0.933. The van der Waals surface area contributed by atoms with E-state index < -0.39 is 0 Å². The Labute approximate surface area is 85.0 Å². The van der Waals surface area contributed by atoms with Crippen LogP contribution in [-0.2, 0) is 6.42 Å². The van der Waals surface area contributed by atoms with Gasteiger partial charge in [0, 0.05) is 0 Å². The molecular formula is C13H26. The van der Waals surface area contributed by atoms with Crippen LogP contribution in [0.5, 0.6) is 0 Å². The molecule has 0 aromatic heterocycles. The van der Waals surface area contributed by atoms with Gasteiger partial charge in [-0.25, -0.2) is 0 Å². The summed E-state index contributed by atoms with van der Waals surface area (Å²) >= 11 is 0. The van der Waals surface area contributed by atoms with Crippen LogP contribution in [0.1, 0.15) is 47.6 Å². The second-order valence-corrected chi connectivity index (χ2v) is 2.24. The predicted octanol–water partition coefficient (Wildman–Crippen LogP) is 4.94. The minimum absolute atomic E-state index is 0. The van der Waals surface area contributed by atoms with E-state index in [1.165, 1.54) is 18.4 Å². The molecule has 0 aliphatic heterocycles. The average Bonchev–Trinajstić information content (AvgIpc) is 2.11. The van der Waals surface area contributed by atoms with Gasteiger partial charge in [-0.15, -0.1) is 0 Å². The molecule has 78 valence electrons. The fourth-order valence-electron chi connectivity index (χ4n) is 0.933. The van der Waals surface area contributed by atoms with Crippen LogP contribution in [0.25, 0.3) is 0 Å². The first kappa shape index (κ1) is 18.1. The quantitative estimate of drug-likeness (QED) is 0.608. The molecule has 0 spiro atoms. The topological polar surface area (TPSA) is 0 Å². The van der Waals surface area contributed by atoms with Gasteiger partial charge in [0.2, 0.25) is 0 Å². The molecule has 0 aliphatic rings. The van der Waals surface area contributed by atoms with Crippen molar-refractivity contribution in [2.45, 2.75) is 48.5 Å². The minimum Gasteiger partial charge on any atom is -0.0776 e. The highest BCUT2D eigenvalue weighted by Gasteiger charge is 1.84. The molecule has 0 unspecified atom stereocenters. The first-order chi connectivity index (χ1) is 5.43. The molecule has 0 amide bonds. The molecule has 0 N–H and O–H groups in total. The molecule has 0 atom stereocenters. The Morgan fingerprint density at radius 3 is 1.77 bits per heavy atom. The highest BCUT2D eigenvalue weighted by Crippen LogP contribution is 2.00. The zero-order valence-electron chi connectivity index (χ0n) is 7.80. The van der Waals surface area contributed by atoms with E-state index in [-0.39, 0.29) is 14.9 Å².